The molecule has 292 valence electrons. The van der Waals surface area contributed by atoms with Crippen LogP contribution in [0.15, 0.2) is 24.3 Å². The first-order chi connectivity index (χ1) is 24.8. The average Bonchev–Trinajstić information content (AvgIpc) is 3.12. The van der Waals surface area contributed by atoms with E-state index in [1.807, 2.05) is 24.3 Å². The smallest absolute Gasteiger partial charge is 0.130 e. The van der Waals surface area contributed by atoms with Crippen LogP contribution in [0.3, 0.4) is 0 Å². The number of aliphatic hydroxyl groups is 2. The Labute approximate surface area is 308 Å². The first-order valence-corrected chi connectivity index (χ1v) is 18.9. The van der Waals surface area contributed by atoms with Gasteiger partial charge in [-0.15, -0.1) is 0 Å². The van der Waals surface area contributed by atoms with Crippen molar-refractivity contribution in [3.63, 3.8) is 0 Å². The quantitative estimate of drug-likeness (QED) is 0.0835. The average molecular weight is 721 g/mol. The number of benzene rings is 2. The lowest BCUT2D eigenvalue weighted by molar-refractivity contribution is -0.0294. The lowest BCUT2D eigenvalue weighted by Crippen LogP contribution is -2.27. The number of aliphatic hydroxyl groups excluding tert-OH is 2. The Kier molecular flexibility index (Phi) is 23.3. The van der Waals surface area contributed by atoms with Gasteiger partial charge in [-0.3, -0.25) is 0 Å². The topological polar surface area (TPSA) is 114 Å². The van der Waals surface area contributed by atoms with Gasteiger partial charge < -0.3 is 48.1 Å². The van der Waals surface area contributed by atoms with Crippen LogP contribution in [0, 0.1) is 5.92 Å². The Hall–Kier alpha value is -2.28. The van der Waals surface area contributed by atoms with Gasteiger partial charge in [0, 0.05) is 57.3 Å². The molecule has 0 aliphatic rings. The molecule has 0 saturated heterocycles. The van der Waals surface area contributed by atoms with Gasteiger partial charge >= 0.3 is 0 Å². The van der Waals surface area contributed by atoms with Gasteiger partial charge in [-0.25, -0.2) is 0 Å². The second-order valence-corrected chi connectivity index (χ2v) is 13.4. The minimum Gasteiger partial charge on any atom is -0.490 e. The van der Waals surface area contributed by atoms with Crippen LogP contribution in [0.4, 0.5) is 0 Å². The zero-order chi connectivity index (χ0) is 37.4. The molecular formula is C41H68O10. The number of hydrogen-bond acceptors (Lipinski definition) is 10. The van der Waals surface area contributed by atoms with E-state index in [0.717, 1.165) is 71.9 Å². The molecule has 0 heterocycles. The number of rotatable bonds is 30. The van der Waals surface area contributed by atoms with Gasteiger partial charge in [0.1, 0.15) is 36.9 Å². The normalized spacial score (nSPS) is 14.0. The maximum Gasteiger partial charge on any atom is 0.130 e. The van der Waals surface area contributed by atoms with Crippen LogP contribution < -0.4 is 9.47 Å². The van der Waals surface area contributed by atoms with E-state index in [0.29, 0.717) is 50.5 Å². The minimum atomic E-state index is -0.781. The van der Waals surface area contributed by atoms with Crippen molar-refractivity contribution in [2.45, 2.75) is 124 Å². The molecule has 2 aromatic carbocycles. The molecule has 2 N–H and O–H groups in total. The lowest BCUT2D eigenvalue weighted by atomic mass is 9.95. The molecule has 0 amide bonds. The summed E-state index contributed by atoms with van der Waals surface area (Å²) in [6, 6.07) is 8.14. The van der Waals surface area contributed by atoms with E-state index < -0.39 is 12.2 Å². The largest absolute Gasteiger partial charge is 0.490 e. The van der Waals surface area contributed by atoms with Gasteiger partial charge in [0.05, 0.1) is 45.7 Å². The van der Waals surface area contributed by atoms with Crippen molar-refractivity contribution >= 4 is 0 Å². The lowest BCUT2D eigenvalue weighted by Gasteiger charge is -2.22. The molecule has 10 nitrogen and oxygen atoms in total. The van der Waals surface area contributed by atoms with Gasteiger partial charge in [-0.1, -0.05) is 59.8 Å². The summed E-state index contributed by atoms with van der Waals surface area (Å²) in [4.78, 5) is 0. The molecule has 51 heavy (non-hydrogen) atoms. The van der Waals surface area contributed by atoms with Gasteiger partial charge in [0.2, 0.25) is 0 Å². The summed E-state index contributed by atoms with van der Waals surface area (Å²) in [6.45, 7) is 11.1. The fourth-order valence-electron chi connectivity index (χ4n) is 6.07. The Morgan fingerprint density at radius 1 is 0.529 bits per heavy atom. The Bertz CT molecular complexity index is 1150. The summed E-state index contributed by atoms with van der Waals surface area (Å²) < 4.78 is 46.7. The first-order valence-electron chi connectivity index (χ1n) is 18.9. The molecule has 0 aliphatic heterocycles. The fourth-order valence-corrected chi connectivity index (χ4v) is 6.07. The van der Waals surface area contributed by atoms with Gasteiger partial charge in [-0.05, 0) is 60.6 Å². The molecule has 0 saturated carbocycles. The van der Waals surface area contributed by atoms with Crippen molar-refractivity contribution in [2.24, 2.45) is 5.92 Å². The Balaban J connectivity index is 2.32. The second-order valence-electron chi connectivity index (χ2n) is 13.4. The zero-order valence-electron chi connectivity index (χ0n) is 32.8. The van der Waals surface area contributed by atoms with Crippen molar-refractivity contribution in [3.8, 4) is 22.6 Å². The Morgan fingerprint density at radius 2 is 0.961 bits per heavy atom. The van der Waals surface area contributed by atoms with Crippen LogP contribution in [0.2, 0.25) is 0 Å². The molecular weight excluding hydrogens is 652 g/mol. The van der Waals surface area contributed by atoms with Crippen molar-refractivity contribution in [3.05, 3.63) is 46.5 Å². The summed E-state index contributed by atoms with van der Waals surface area (Å²) in [5, 5.41) is 21.5. The summed E-state index contributed by atoms with van der Waals surface area (Å²) in [5.41, 5.74) is 5.17. The molecule has 0 radical (unpaired) electrons. The molecule has 0 bridgehead atoms. The number of ether oxygens (including phenoxy) is 8. The third kappa shape index (κ3) is 16.1. The highest BCUT2D eigenvalue weighted by atomic mass is 16.5. The predicted molar refractivity (Wildman–Crippen MR) is 201 cm³/mol. The zero-order valence-corrected chi connectivity index (χ0v) is 32.8. The molecule has 4 unspecified atom stereocenters. The molecule has 10 heteroatoms. The van der Waals surface area contributed by atoms with Crippen LogP contribution in [-0.4, -0.2) is 90.0 Å². The maximum atomic E-state index is 10.8. The molecule has 0 spiro atoms. The summed E-state index contributed by atoms with van der Waals surface area (Å²) in [6.07, 6.45) is 7.24. The number of unbranched alkanes of at least 4 members (excludes halogenated alkanes) is 2. The van der Waals surface area contributed by atoms with Crippen molar-refractivity contribution in [1.82, 2.24) is 0 Å². The Morgan fingerprint density at radius 3 is 1.35 bits per heavy atom. The van der Waals surface area contributed by atoms with E-state index in [4.69, 9.17) is 37.9 Å². The van der Waals surface area contributed by atoms with E-state index in [9.17, 15) is 10.2 Å². The SMILES string of the molecule is CCCCC(CC)COCC(O)COc1c(COC)cc(-c2cc(COC)c(OCC(O)COC(CC)CCCC)c(COC)c2)cc1COC. The molecule has 2 rings (SSSR count). The van der Waals surface area contributed by atoms with Crippen LogP contribution in [0.25, 0.3) is 11.1 Å². The van der Waals surface area contributed by atoms with E-state index in [1.54, 1.807) is 28.4 Å². The monoisotopic (exact) mass is 720 g/mol. The molecule has 2 aromatic rings. The standard InChI is InChI=1S/C41H68O10/c1-9-13-15-30(11-3)21-48-26-37(42)28-50-40-33(22-44-5)17-31(18-34(40)23-45-6)32-19-35(24-46-7)41(36(20-32)25-47-8)51-29-38(43)27-49-39(12-4)16-14-10-2/h17-20,30,37-39,42-43H,9-16,21-29H2,1-8H3. The maximum absolute atomic E-state index is 10.8. The highest BCUT2D eigenvalue weighted by molar-refractivity contribution is 5.70. The van der Waals surface area contributed by atoms with Crippen LogP contribution in [-0.2, 0) is 54.8 Å². The van der Waals surface area contributed by atoms with Crippen molar-refractivity contribution < 1.29 is 48.1 Å². The summed E-state index contributed by atoms with van der Waals surface area (Å²) >= 11 is 0. The molecule has 4 atom stereocenters. The highest BCUT2D eigenvalue weighted by Crippen LogP contribution is 2.37. The van der Waals surface area contributed by atoms with E-state index in [2.05, 4.69) is 27.7 Å². The predicted octanol–water partition coefficient (Wildman–Crippen LogP) is 7.64. The summed E-state index contributed by atoms with van der Waals surface area (Å²) in [7, 11) is 6.57. The van der Waals surface area contributed by atoms with Crippen molar-refractivity contribution in [2.75, 3.05) is 61.5 Å². The molecule has 0 aromatic heterocycles. The first kappa shape index (κ1) is 44.9. The van der Waals surface area contributed by atoms with E-state index in [-0.39, 0.29) is 32.5 Å². The van der Waals surface area contributed by atoms with E-state index in [1.165, 1.54) is 12.8 Å². The molecule has 0 fully saturated rings. The van der Waals surface area contributed by atoms with Gasteiger partial charge in [0.25, 0.3) is 0 Å². The van der Waals surface area contributed by atoms with Gasteiger partial charge in [-0.2, -0.15) is 0 Å². The van der Waals surface area contributed by atoms with Crippen LogP contribution in [0.1, 0.15) is 101 Å². The van der Waals surface area contributed by atoms with E-state index >= 15 is 0 Å². The highest BCUT2D eigenvalue weighted by Gasteiger charge is 2.20. The van der Waals surface area contributed by atoms with Crippen LogP contribution in [0.5, 0.6) is 11.5 Å². The fraction of sp³-hybridized carbons (Fsp3) is 0.707. The molecule has 0 aliphatic carbocycles. The minimum absolute atomic E-state index is 0.0773. The van der Waals surface area contributed by atoms with Gasteiger partial charge in [0.15, 0.2) is 0 Å². The third-order valence-corrected chi connectivity index (χ3v) is 8.92. The number of methoxy groups -OCH3 is 4. The third-order valence-electron chi connectivity index (χ3n) is 8.92. The van der Waals surface area contributed by atoms with Crippen molar-refractivity contribution in [1.29, 1.82) is 0 Å². The second kappa shape index (κ2) is 26.5. The summed E-state index contributed by atoms with van der Waals surface area (Å²) in [5.74, 6) is 1.75. The number of hydrogen-bond donors (Lipinski definition) is 2. The van der Waals surface area contributed by atoms with Crippen LogP contribution >= 0.6 is 0 Å².